The highest BCUT2D eigenvalue weighted by Gasteiger charge is 2.12. The lowest BCUT2D eigenvalue weighted by Gasteiger charge is -2.09. The van der Waals surface area contributed by atoms with Crippen LogP contribution < -0.4 is 16.0 Å². The summed E-state index contributed by atoms with van der Waals surface area (Å²) >= 11 is 17.6. The normalized spacial score (nSPS) is 10.1. The Balaban J connectivity index is 2.56. The number of anilines is 1. The molecule has 0 heterocycles. The Bertz CT molecular complexity index is 471. The van der Waals surface area contributed by atoms with E-state index < -0.39 is 0 Å². The van der Waals surface area contributed by atoms with Gasteiger partial charge < -0.3 is 16.0 Å². The Morgan fingerprint density at radius 1 is 1.11 bits per heavy atom. The summed E-state index contributed by atoms with van der Waals surface area (Å²) in [5, 5.41) is 7.50. The van der Waals surface area contributed by atoms with Crippen molar-refractivity contribution >= 4 is 52.3 Å². The highest BCUT2D eigenvalue weighted by molar-refractivity contribution is 6.42. The molecule has 1 aromatic rings. The zero-order valence-electron chi connectivity index (χ0n) is 10.1. The van der Waals surface area contributed by atoms with E-state index in [0.717, 1.165) is 0 Å². The first-order chi connectivity index (χ1) is 8.93. The Kier molecular flexibility index (Phi) is 6.37. The minimum Gasteiger partial charge on any atom is -0.354 e. The maximum absolute atomic E-state index is 11.6. The Morgan fingerprint density at radius 3 is 2.16 bits per heavy atom. The van der Waals surface area contributed by atoms with Gasteiger partial charge in [-0.1, -0.05) is 34.8 Å². The zero-order valence-corrected chi connectivity index (χ0v) is 12.4. The van der Waals surface area contributed by atoms with E-state index in [1.54, 1.807) is 5.32 Å². The number of amides is 2. The lowest BCUT2D eigenvalue weighted by atomic mass is 10.3. The van der Waals surface area contributed by atoms with Crippen LogP contribution in [0.5, 0.6) is 0 Å². The van der Waals surface area contributed by atoms with Crippen molar-refractivity contribution in [3.63, 3.8) is 0 Å². The van der Waals surface area contributed by atoms with Crippen LogP contribution in [0.25, 0.3) is 0 Å². The van der Waals surface area contributed by atoms with Crippen LogP contribution in [0.1, 0.15) is 0 Å². The monoisotopic (exact) mass is 324 g/mol. The van der Waals surface area contributed by atoms with Gasteiger partial charge in [0.25, 0.3) is 11.8 Å². The maximum atomic E-state index is 11.6. The minimum absolute atomic E-state index is 0.0860. The summed E-state index contributed by atoms with van der Waals surface area (Å²) in [6.45, 7) is 0.259. The van der Waals surface area contributed by atoms with E-state index in [1.165, 1.54) is 19.2 Å². The number of likely N-dealkylation sites (N-methyl/N-ethyl adjacent to an activating group) is 1. The molecule has 0 radical (unpaired) electrons. The van der Waals surface area contributed by atoms with Crippen LogP contribution in [0.4, 0.5) is 5.69 Å². The highest BCUT2D eigenvalue weighted by Crippen LogP contribution is 2.33. The predicted molar refractivity (Wildman–Crippen MR) is 75.8 cm³/mol. The third kappa shape index (κ3) is 5.24. The quantitative estimate of drug-likeness (QED) is 0.752. The van der Waals surface area contributed by atoms with Crippen molar-refractivity contribution in [1.82, 2.24) is 5.32 Å². The molecule has 19 heavy (non-hydrogen) atoms. The van der Waals surface area contributed by atoms with E-state index in [2.05, 4.69) is 10.6 Å². The van der Waals surface area contributed by atoms with Gasteiger partial charge in [-0.05, 0) is 12.1 Å². The second-order valence-corrected chi connectivity index (χ2v) is 4.91. The van der Waals surface area contributed by atoms with Gasteiger partial charge in [0.05, 0.1) is 15.7 Å². The molecular weight excluding hydrogens is 312 g/mol. The van der Waals surface area contributed by atoms with Gasteiger partial charge >= 0.3 is 0 Å². The first kappa shape index (κ1) is 16.0. The fourth-order valence-electron chi connectivity index (χ4n) is 1.29. The molecule has 0 unspecified atom stereocenters. The van der Waals surface area contributed by atoms with Gasteiger partial charge in [0.1, 0.15) is 0 Å². The molecule has 2 amide bonds. The predicted octanol–water partition coefficient (Wildman–Crippen LogP) is 0.895. The Labute approximate surface area is 125 Å². The number of rotatable bonds is 5. The van der Waals surface area contributed by atoms with E-state index in [0.29, 0.717) is 10.7 Å². The molecule has 4 N–H and O–H groups in total. The van der Waals surface area contributed by atoms with Crippen molar-refractivity contribution in [1.29, 1.82) is 0 Å². The number of hydrogen-bond acceptors (Lipinski definition) is 2. The second kappa shape index (κ2) is 7.55. The van der Waals surface area contributed by atoms with Gasteiger partial charge in [-0.25, -0.2) is 0 Å². The molecule has 0 saturated heterocycles. The standard InChI is InChI=1S/C11H12Cl3N3O2/c1-15-9(18)4-16-5-10(19)17-11-7(13)2-6(12)3-8(11)14/h2-3,16H,4-5H2,1H3,(H,15,18)(H,17,19)/p+1. The van der Waals surface area contributed by atoms with Crippen molar-refractivity contribution < 1.29 is 14.9 Å². The second-order valence-electron chi connectivity index (χ2n) is 3.66. The molecule has 0 aromatic heterocycles. The van der Waals surface area contributed by atoms with Crippen molar-refractivity contribution in [2.45, 2.75) is 0 Å². The van der Waals surface area contributed by atoms with Gasteiger partial charge in [-0.2, -0.15) is 0 Å². The van der Waals surface area contributed by atoms with E-state index in [9.17, 15) is 9.59 Å². The first-order valence-corrected chi connectivity index (χ1v) is 6.54. The molecule has 0 bridgehead atoms. The average molecular weight is 326 g/mol. The van der Waals surface area contributed by atoms with Crippen LogP contribution in [0.2, 0.25) is 15.1 Å². The lowest BCUT2D eigenvalue weighted by Crippen LogP contribution is -2.88. The van der Waals surface area contributed by atoms with E-state index in [4.69, 9.17) is 34.8 Å². The smallest absolute Gasteiger partial charge is 0.279 e. The van der Waals surface area contributed by atoms with E-state index in [-0.39, 0.29) is 34.9 Å². The largest absolute Gasteiger partial charge is 0.354 e. The molecule has 0 atom stereocenters. The topological polar surface area (TPSA) is 74.8 Å². The number of hydrogen-bond donors (Lipinski definition) is 3. The van der Waals surface area contributed by atoms with Crippen molar-refractivity contribution in [2.24, 2.45) is 0 Å². The molecule has 0 saturated carbocycles. The van der Waals surface area contributed by atoms with Crippen LogP contribution >= 0.6 is 34.8 Å². The molecule has 8 heteroatoms. The summed E-state index contributed by atoms with van der Waals surface area (Å²) < 4.78 is 0. The Hall–Kier alpha value is -1.01. The fraction of sp³-hybridized carbons (Fsp3) is 0.273. The van der Waals surface area contributed by atoms with Crippen molar-refractivity contribution in [3.8, 4) is 0 Å². The number of quaternary nitrogens is 1. The van der Waals surface area contributed by atoms with Crippen LogP contribution in [-0.4, -0.2) is 32.0 Å². The summed E-state index contributed by atoms with van der Waals surface area (Å²) in [5.41, 5.74) is 0.311. The molecule has 0 aliphatic carbocycles. The third-order valence-electron chi connectivity index (χ3n) is 2.21. The summed E-state index contributed by atoms with van der Waals surface area (Å²) in [4.78, 5) is 22.6. The van der Waals surface area contributed by atoms with Gasteiger partial charge in [-0.15, -0.1) is 0 Å². The third-order valence-corrected chi connectivity index (χ3v) is 3.02. The number of nitrogens with one attached hydrogen (secondary N) is 2. The SMILES string of the molecule is CNC(=O)C[NH2+]CC(=O)Nc1c(Cl)cc(Cl)cc1Cl. The van der Waals surface area contributed by atoms with Crippen LogP contribution in [0.15, 0.2) is 12.1 Å². The van der Waals surface area contributed by atoms with Gasteiger partial charge in [0.2, 0.25) is 0 Å². The molecule has 1 rings (SSSR count). The van der Waals surface area contributed by atoms with E-state index >= 15 is 0 Å². The summed E-state index contributed by atoms with van der Waals surface area (Å²) in [6, 6.07) is 2.97. The molecule has 0 spiro atoms. The molecule has 0 fully saturated rings. The lowest BCUT2D eigenvalue weighted by molar-refractivity contribution is -0.632. The number of carbonyl (C=O) groups excluding carboxylic acids is 2. The number of nitrogens with two attached hydrogens (primary N) is 1. The molecule has 1 aromatic carbocycles. The summed E-state index contributed by atoms with van der Waals surface area (Å²) in [5.74, 6) is -0.467. The highest BCUT2D eigenvalue weighted by atomic mass is 35.5. The maximum Gasteiger partial charge on any atom is 0.279 e. The number of halogens is 3. The van der Waals surface area contributed by atoms with E-state index in [1.807, 2.05) is 0 Å². The first-order valence-electron chi connectivity index (χ1n) is 5.40. The summed E-state index contributed by atoms with van der Waals surface area (Å²) in [7, 11) is 1.53. The van der Waals surface area contributed by atoms with Gasteiger partial charge in [-0.3, -0.25) is 9.59 Å². The van der Waals surface area contributed by atoms with Gasteiger partial charge in [0.15, 0.2) is 13.1 Å². The average Bonchev–Trinajstić information content (AvgIpc) is 2.33. The van der Waals surface area contributed by atoms with Crippen molar-refractivity contribution in [3.05, 3.63) is 27.2 Å². The van der Waals surface area contributed by atoms with Gasteiger partial charge in [0, 0.05) is 12.1 Å². The molecule has 5 nitrogen and oxygen atoms in total. The van der Waals surface area contributed by atoms with Crippen LogP contribution in [0.3, 0.4) is 0 Å². The number of benzene rings is 1. The minimum atomic E-state index is -0.310. The van der Waals surface area contributed by atoms with Crippen molar-refractivity contribution in [2.75, 3.05) is 25.5 Å². The molecule has 104 valence electrons. The summed E-state index contributed by atoms with van der Waals surface area (Å²) in [6.07, 6.45) is 0. The molecule has 0 aliphatic heterocycles. The van der Waals surface area contributed by atoms with Crippen LogP contribution in [0, 0.1) is 0 Å². The molecular formula is C11H13Cl3N3O2+. The van der Waals surface area contributed by atoms with Crippen LogP contribution in [-0.2, 0) is 9.59 Å². The fourth-order valence-corrected chi connectivity index (χ4v) is 2.20. The number of carbonyl (C=O) groups is 2. The Morgan fingerprint density at radius 2 is 1.63 bits per heavy atom. The molecule has 0 aliphatic rings. The zero-order chi connectivity index (χ0) is 14.4.